The van der Waals surface area contributed by atoms with E-state index in [2.05, 4.69) is 9.97 Å². The maximum Gasteiger partial charge on any atom is 0.140 e. The van der Waals surface area contributed by atoms with Gasteiger partial charge in [0.1, 0.15) is 28.9 Å². The highest BCUT2D eigenvalue weighted by molar-refractivity contribution is 7.09. The van der Waals surface area contributed by atoms with Crippen LogP contribution in [0, 0.1) is 6.92 Å². The minimum absolute atomic E-state index is 0.489. The molecule has 0 saturated carbocycles. The number of aromatic nitrogens is 2. The number of hydrogen-bond acceptors (Lipinski definition) is 5. The molecule has 0 unspecified atom stereocenters. The molecule has 0 fully saturated rings. The number of pyridine rings is 1. The van der Waals surface area contributed by atoms with Crippen LogP contribution in [0.3, 0.4) is 0 Å². The Morgan fingerprint density at radius 3 is 2.29 bits per heavy atom. The van der Waals surface area contributed by atoms with Crippen LogP contribution in [-0.2, 0) is 6.61 Å². The predicted octanol–water partition coefficient (Wildman–Crippen LogP) is 4.22. The lowest BCUT2D eigenvalue weighted by atomic mass is 10.3. The summed E-state index contributed by atoms with van der Waals surface area (Å²) in [5.41, 5.74) is 1.03. The zero-order valence-corrected chi connectivity index (χ0v) is 12.3. The van der Waals surface area contributed by atoms with E-state index >= 15 is 0 Å². The van der Waals surface area contributed by atoms with Gasteiger partial charge in [-0.25, -0.2) is 4.98 Å². The highest BCUT2D eigenvalue weighted by atomic mass is 32.1. The summed E-state index contributed by atoms with van der Waals surface area (Å²) in [5.74, 6) is 2.32. The molecule has 106 valence electrons. The normalized spacial score (nSPS) is 10.3. The van der Waals surface area contributed by atoms with Gasteiger partial charge in [-0.15, -0.1) is 11.3 Å². The molecular weight excluding hydrogens is 284 g/mol. The quantitative estimate of drug-likeness (QED) is 0.707. The van der Waals surface area contributed by atoms with Crippen LogP contribution in [0.25, 0.3) is 0 Å². The Hall–Kier alpha value is -2.40. The van der Waals surface area contributed by atoms with Crippen molar-refractivity contribution in [3.05, 3.63) is 64.9 Å². The molecular formula is C16H14N2O2S. The van der Waals surface area contributed by atoms with Crippen LogP contribution in [0.4, 0.5) is 0 Å². The third-order valence-corrected chi connectivity index (χ3v) is 3.68. The molecule has 0 atom stereocenters. The van der Waals surface area contributed by atoms with Gasteiger partial charge in [0.2, 0.25) is 0 Å². The Labute approximate surface area is 127 Å². The number of ether oxygens (including phenoxy) is 2. The topological polar surface area (TPSA) is 44.2 Å². The fraction of sp³-hybridized carbons (Fsp3) is 0.125. The SMILES string of the molecule is Cc1csc(COc2ccc(Oc3ccncc3)cc2)n1. The highest BCUT2D eigenvalue weighted by Crippen LogP contribution is 2.23. The standard InChI is InChI=1S/C16H14N2O2S/c1-12-11-21-16(18-12)10-19-13-2-4-14(5-3-13)20-15-6-8-17-9-7-15/h2-9,11H,10H2,1H3. The Bertz CT molecular complexity index is 696. The second kappa shape index (κ2) is 6.37. The molecule has 0 saturated heterocycles. The van der Waals surface area contributed by atoms with Crippen molar-refractivity contribution in [2.45, 2.75) is 13.5 Å². The molecule has 4 nitrogen and oxygen atoms in total. The Kier molecular flexibility index (Phi) is 4.12. The summed E-state index contributed by atoms with van der Waals surface area (Å²) in [4.78, 5) is 8.31. The average molecular weight is 298 g/mol. The lowest BCUT2D eigenvalue weighted by Crippen LogP contribution is -1.94. The largest absolute Gasteiger partial charge is 0.486 e. The van der Waals surface area contributed by atoms with Gasteiger partial charge in [-0.1, -0.05) is 0 Å². The third kappa shape index (κ3) is 3.79. The highest BCUT2D eigenvalue weighted by Gasteiger charge is 2.01. The van der Waals surface area contributed by atoms with Crippen LogP contribution in [0.5, 0.6) is 17.2 Å². The summed E-state index contributed by atoms with van der Waals surface area (Å²) < 4.78 is 11.4. The Morgan fingerprint density at radius 1 is 0.952 bits per heavy atom. The van der Waals surface area contributed by atoms with Crippen molar-refractivity contribution in [2.75, 3.05) is 0 Å². The first kappa shape index (κ1) is 13.6. The van der Waals surface area contributed by atoms with Crippen molar-refractivity contribution < 1.29 is 9.47 Å². The lowest BCUT2D eigenvalue weighted by Gasteiger charge is -2.07. The minimum atomic E-state index is 0.489. The van der Waals surface area contributed by atoms with Crippen molar-refractivity contribution >= 4 is 11.3 Å². The van der Waals surface area contributed by atoms with Gasteiger partial charge in [-0.05, 0) is 43.3 Å². The number of aryl methyl sites for hydroxylation is 1. The van der Waals surface area contributed by atoms with Crippen molar-refractivity contribution in [3.8, 4) is 17.2 Å². The van der Waals surface area contributed by atoms with E-state index in [1.54, 1.807) is 23.7 Å². The fourth-order valence-corrected chi connectivity index (χ4v) is 2.44. The van der Waals surface area contributed by atoms with E-state index in [1.165, 1.54) is 0 Å². The predicted molar refractivity (Wildman–Crippen MR) is 81.9 cm³/mol. The van der Waals surface area contributed by atoms with Crippen molar-refractivity contribution in [3.63, 3.8) is 0 Å². The molecule has 0 N–H and O–H groups in total. The van der Waals surface area contributed by atoms with Crippen LogP contribution in [-0.4, -0.2) is 9.97 Å². The molecule has 0 aliphatic carbocycles. The van der Waals surface area contributed by atoms with Crippen LogP contribution in [0.15, 0.2) is 54.2 Å². The summed E-state index contributed by atoms with van der Waals surface area (Å²) in [6.45, 7) is 2.47. The first-order valence-corrected chi connectivity index (χ1v) is 7.39. The van der Waals surface area contributed by atoms with E-state index in [1.807, 2.05) is 48.7 Å². The van der Waals surface area contributed by atoms with E-state index in [-0.39, 0.29) is 0 Å². The zero-order valence-electron chi connectivity index (χ0n) is 11.5. The van der Waals surface area contributed by atoms with Gasteiger partial charge in [0.25, 0.3) is 0 Å². The first-order valence-electron chi connectivity index (χ1n) is 6.51. The molecule has 0 radical (unpaired) electrons. The van der Waals surface area contributed by atoms with E-state index in [4.69, 9.17) is 9.47 Å². The molecule has 2 heterocycles. The van der Waals surface area contributed by atoms with E-state index < -0.39 is 0 Å². The van der Waals surface area contributed by atoms with Gasteiger partial charge in [-0.2, -0.15) is 0 Å². The molecule has 1 aromatic carbocycles. The maximum atomic E-state index is 5.69. The summed E-state index contributed by atoms with van der Waals surface area (Å²) in [6.07, 6.45) is 3.39. The molecule has 0 spiro atoms. The summed E-state index contributed by atoms with van der Waals surface area (Å²) in [7, 11) is 0. The van der Waals surface area contributed by atoms with Crippen LogP contribution < -0.4 is 9.47 Å². The smallest absolute Gasteiger partial charge is 0.140 e. The van der Waals surface area contributed by atoms with E-state index in [0.717, 1.165) is 28.0 Å². The molecule has 0 amide bonds. The Morgan fingerprint density at radius 2 is 1.62 bits per heavy atom. The number of benzene rings is 1. The van der Waals surface area contributed by atoms with Crippen LogP contribution in [0.2, 0.25) is 0 Å². The molecule has 0 bridgehead atoms. The number of hydrogen-bond donors (Lipinski definition) is 0. The van der Waals surface area contributed by atoms with Gasteiger partial charge >= 0.3 is 0 Å². The summed E-state index contributed by atoms with van der Waals surface area (Å²) in [5, 5.41) is 2.99. The van der Waals surface area contributed by atoms with Crippen LogP contribution >= 0.6 is 11.3 Å². The van der Waals surface area contributed by atoms with Crippen molar-refractivity contribution in [1.82, 2.24) is 9.97 Å². The maximum absolute atomic E-state index is 5.69. The molecule has 5 heteroatoms. The van der Waals surface area contributed by atoms with Crippen molar-refractivity contribution in [2.24, 2.45) is 0 Å². The third-order valence-electron chi connectivity index (χ3n) is 2.74. The Balaban J connectivity index is 1.59. The molecule has 0 aliphatic rings. The van der Waals surface area contributed by atoms with Crippen LogP contribution in [0.1, 0.15) is 10.7 Å². The van der Waals surface area contributed by atoms with Crippen molar-refractivity contribution in [1.29, 1.82) is 0 Å². The molecule has 2 aromatic heterocycles. The first-order chi connectivity index (χ1) is 10.3. The number of rotatable bonds is 5. The number of thiazole rings is 1. The second-order valence-corrected chi connectivity index (χ2v) is 5.37. The summed E-state index contributed by atoms with van der Waals surface area (Å²) in [6, 6.07) is 11.2. The van der Waals surface area contributed by atoms with Gasteiger partial charge in [0.05, 0.1) is 0 Å². The summed E-state index contributed by atoms with van der Waals surface area (Å²) >= 11 is 1.61. The fourth-order valence-electron chi connectivity index (χ4n) is 1.76. The lowest BCUT2D eigenvalue weighted by molar-refractivity contribution is 0.305. The van der Waals surface area contributed by atoms with Gasteiger partial charge in [0.15, 0.2) is 0 Å². The molecule has 0 aliphatic heterocycles. The van der Waals surface area contributed by atoms with E-state index in [0.29, 0.717) is 6.61 Å². The van der Waals surface area contributed by atoms with E-state index in [9.17, 15) is 0 Å². The number of nitrogens with zero attached hydrogens (tertiary/aromatic N) is 2. The zero-order chi connectivity index (χ0) is 14.5. The van der Waals surface area contributed by atoms with Gasteiger partial charge in [0, 0.05) is 23.5 Å². The monoisotopic (exact) mass is 298 g/mol. The molecule has 3 rings (SSSR count). The molecule has 3 aromatic rings. The second-order valence-electron chi connectivity index (χ2n) is 4.43. The van der Waals surface area contributed by atoms with Gasteiger partial charge < -0.3 is 9.47 Å². The average Bonchev–Trinajstić information content (AvgIpc) is 2.93. The van der Waals surface area contributed by atoms with Gasteiger partial charge in [-0.3, -0.25) is 4.98 Å². The molecule has 21 heavy (non-hydrogen) atoms. The minimum Gasteiger partial charge on any atom is -0.486 e.